The second-order valence-corrected chi connectivity index (χ2v) is 15.4. The number of ether oxygens (including phenoxy) is 4. The van der Waals surface area contributed by atoms with Crippen LogP contribution in [0.3, 0.4) is 0 Å². The molecule has 234 valence electrons. The Morgan fingerprint density at radius 2 is 0.886 bits per heavy atom. The van der Waals surface area contributed by atoms with Crippen LogP contribution < -0.4 is 40.2 Å². The zero-order chi connectivity index (χ0) is 31.3. The Morgan fingerprint density at radius 1 is 0.523 bits per heavy atom. The molecule has 1 unspecified atom stereocenters. The summed E-state index contributed by atoms with van der Waals surface area (Å²) in [5.74, 6) is 3.51. The minimum absolute atomic E-state index is 0.501. The van der Waals surface area contributed by atoms with Crippen LogP contribution in [-0.4, -0.2) is 45.6 Å². The van der Waals surface area contributed by atoms with Gasteiger partial charge in [0.05, 0.1) is 34.3 Å². The number of benzene rings is 4. The van der Waals surface area contributed by atoms with Crippen molar-refractivity contribution in [1.29, 1.82) is 0 Å². The molecule has 4 rings (SSSR count). The lowest BCUT2D eigenvalue weighted by atomic mass is 10.0. The van der Waals surface area contributed by atoms with Crippen LogP contribution in [0.15, 0.2) is 97.1 Å². The van der Waals surface area contributed by atoms with Gasteiger partial charge in [-0.2, -0.15) is 0 Å². The van der Waals surface area contributed by atoms with Crippen molar-refractivity contribution >= 4 is 37.1 Å². The molecule has 0 fully saturated rings. The molecule has 2 atom stereocenters. The minimum Gasteiger partial charge on any atom is -0.496 e. The fourth-order valence-electron chi connectivity index (χ4n) is 5.67. The van der Waals surface area contributed by atoms with E-state index in [2.05, 4.69) is 55.5 Å². The minimum atomic E-state index is -1.09. The normalized spacial score (nSPS) is 12.6. The lowest BCUT2D eigenvalue weighted by Gasteiger charge is -2.27. The van der Waals surface area contributed by atoms with E-state index in [9.17, 15) is 5.11 Å². The Balaban J connectivity index is 1.40. The van der Waals surface area contributed by atoms with E-state index < -0.39 is 21.7 Å². The Kier molecular flexibility index (Phi) is 13.4. The first kappa shape index (κ1) is 33.8. The highest BCUT2D eigenvalue weighted by molar-refractivity contribution is 7.74. The second-order valence-electron chi connectivity index (χ2n) is 10.9. The third-order valence-electron chi connectivity index (χ3n) is 7.89. The fourth-order valence-corrected chi connectivity index (χ4v) is 11.2. The third-order valence-corrected chi connectivity index (χ3v) is 13.4. The van der Waals surface area contributed by atoms with Crippen molar-refractivity contribution in [1.82, 2.24) is 0 Å². The zero-order valence-electron chi connectivity index (χ0n) is 26.6. The van der Waals surface area contributed by atoms with Crippen LogP contribution in [0.4, 0.5) is 0 Å². The molecule has 0 heterocycles. The van der Waals surface area contributed by atoms with Crippen LogP contribution >= 0.6 is 15.8 Å². The van der Waals surface area contributed by atoms with Gasteiger partial charge in [-0.3, -0.25) is 0 Å². The van der Waals surface area contributed by atoms with E-state index in [1.807, 2.05) is 48.5 Å². The smallest absolute Gasteiger partial charge is 0.126 e. The van der Waals surface area contributed by atoms with Crippen LogP contribution in [0.1, 0.15) is 39.0 Å². The molecular weight excluding hydrogens is 586 g/mol. The van der Waals surface area contributed by atoms with E-state index >= 15 is 0 Å². The molecule has 0 aromatic heterocycles. The van der Waals surface area contributed by atoms with Gasteiger partial charge < -0.3 is 24.1 Å². The molecular formula is C37H46O5P2. The van der Waals surface area contributed by atoms with Gasteiger partial charge in [0.1, 0.15) is 23.0 Å². The van der Waals surface area contributed by atoms with E-state index in [0.29, 0.717) is 5.92 Å². The average molecular weight is 633 g/mol. The monoisotopic (exact) mass is 632 g/mol. The maximum absolute atomic E-state index is 11.6. The van der Waals surface area contributed by atoms with Gasteiger partial charge in [-0.05, 0) is 58.6 Å². The predicted molar refractivity (Wildman–Crippen MR) is 187 cm³/mol. The van der Waals surface area contributed by atoms with Crippen LogP contribution in [0.2, 0.25) is 0 Å². The number of para-hydroxylation sites is 4. The van der Waals surface area contributed by atoms with E-state index in [0.717, 1.165) is 71.9 Å². The van der Waals surface area contributed by atoms with E-state index in [1.54, 1.807) is 28.4 Å². The molecule has 4 aromatic rings. The summed E-state index contributed by atoms with van der Waals surface area (Å²) in [5, 5.41) is 16.2. The Morgan fingerprint density at radius 3 is 1.32 bits per heavy atom. The fraction of sp³-hybridized carbons (Fsp3) is 0.351. The van der Waals surface area contributed by atoms with Crippen LogP contribution in [0, 0.1) is 5.92 Å². The first-order valence-corrected chi connectivity index (χ1v) is 18.2. The molecule has 0 aliphatic rings. The summed E-state index contributed by atoms with van der Waals surface area (Å²) >= 11 is 0. The van der Waals surface area contributed by atoms with Gasteiger partial charge in [0.2, 0.25) is 0 Å². The van der Waals surface area contributed by atoms with E-state index in [1.165, 1.54) is 10.6 Å². The van der Waals surface area contributed by atoms with Gasteiger partial charge >= 0.3 is 0 Å². The number of unbranched alkanes of at least 4 members (excludes halogenated alkanes) is 2. The third kappa shape index (κ3) is 8.54. The SMILES string of the molecule is COc1ccccc1P(CC(C)CCCCC[C@@H](O)P(c1ccccc1OC)c1ccccc1OC)c1ccccc1OC. The van der Waals surface area contributed by atoms with Gasteiger partial charge in [-0.1, -0.05) is 105 Å². The largest absolute Gasteiger partial charge is 0.496 e. The summed E-state index contributed by atoms with van der Waals surface area (Å²) < 4.78 is 23.0. The Labute approximate surface area is 266 Å². The van der Waals surface area contributed by atoms with Gasteiger partial charge in [0.25, 0.3) is 0 Å². The highest BCUT2D eigenvalue weighted by Gasteiger charge is 2.28. The van der Waals surface area contributed by atoms with Gasteiger partial charge in [-0.25, -0.2) is 0 Å². The van der Waals surface area contributed by atoms with Crippen molar-refractivity contribution in [3.05, 3.63) is 97.1 Å². The second kappa shape index (κ2) is 17.4. The number of hydrogen-bond acceptors (Lipinski definition) is 5. The Bertz CT molecular complexity index is 1350. The molecule has 0 spiro atoms. The van der Waals surface area contributed by atoms with Crippen molar-refractivity contribution in [2.45, 2.75) is 44.9 Å². The predicted octanol–water partition coefficient (Wildman–Crippen LogP) is 7.19. The Hall–Kier alpha value is -3.10. The lowest BCUT2D eigenvalue weighted by molar-refractivity contribution is 0.243. The molecule has 44 heavy (non-hydrogen) atoms. The zero-order valence-corrected chi connectivity index (χ0v) is 28.4. The number of hydrogen-bond donors (Lipinski definition) is 1. The summed E-state index contributed by atoms with van der Waals surface area (Å²) in [6.45, 7) is 2.36. The van der Waals surface area contributed by atoms with Gasteiger partial charge in [0, 0.05) is 21.2 Å². The number of rotatable bonds is 17. The van der Waals surface area contributed by atoms with Crippen LogP contribution in [0.25, 0.3) is 0 Å². The maximum Gasteiger partial charge on any atom is 0.126 e. The topological polar surface area (TPSA) is 57.2 Å². The van der Waals surface area contributed by atoms with Crippen LogP contribution in [-0.2, 0) is 0 Å². The summed E-state index contributed by atoms with van der Waals surface area (Å²) in [5.41, 5.74) is 0. The average Bonchev–Trinajstić information content (AvgIpc) is 3.07. The number of methoxy groups -OCH3 is 4. The molecule has 0 bridgehead atoms. The summed E-state index contributed by atoms with van der Waals surface area (Å²) in [4.78, 5) is 0. The standard InChI is InChI=1S/C37H46O5P2/c1-28(27-43(33-22-13-9-18-29(33)39-2)34-23-14-10-19-30(34)40-3)17-7-6-8-26-37(38)44(35-24-15-11-20-31(35)41-4)36-25-16-12-21-32(36)42-5/h9-16,18-25,28,37-38H,6-8,17,26-27H2,1-5H3/t28?,37-/m0/s1. The maximum atomic E-state index is 11.6. The van der Waals surface area contributed by atoms with E-state index in [4.69, 9.17) is 18.9 Å². The van der Waals surface area contributed by atoms with Crippen molar-refractivity contribution < 1.29 is 24.1 Å². The van der Waals surface area contributed by atoms with Crippen molar-refractivity contribution in [2.24, 2.45) is 5.92 Å². The quantitative estimate of drug-likeness (QED) is 0.0987. The van der Waals surface area contributed by atoms with Crippen molar-refractivity contribution in [3.8, 4) is 23.0 Å². The highest BCUT2D eigenvalue weighted by Crippen LogP contribution is 2.46. The molecule has 1 N–H and O–H groups in total. The molecule has 5 nitrogen and oxygen atoms in total. The van der Waals surface area contributed by atoms with Crippen molar-refractivity contribution in [3.63, 3.8) is 0 Å². The number of aliphatic hydroxyl groups is 1. The first-order valence-electron chi connectivity index (χ1n) is 15.3. The van der Waals surface area contributed by atoms with Crippen molar-refractivity contribution in [2.75, 3.05) is 34.6 Å². The first-order chi connectivity index (χ1) is 21.5. The van der Waals surface area contributed by atoms with Crippen LogP contribution in [0.5, 0.6) is 23.0 Å². The summed E-state index contributed by atoms with van der Waals surface area (Å²) in [6, 6.07) is 32.8. The summed E-state index contributed by atoms with van der Waals surface area (Å²) in [6.07, 6.45) is 6.08. The lowest BCUT2D eigenvalue weighted by Crippen LogP contribution is -2.24. The molecule has 7 heteroatoms. The van der Waals surface area contributed by atoms with E-state index in [-0.39, 0.29) is 0 Å². The molecule has 0 amide bonds. The van der Waals surface area contributed by atoms with Gasteiger partial charge in [0.15, 0.2) is 0 Å². The molecule has 0 saturated carbocycles. The molecule has 0 aliphatic heterocycles. The van der Waals surface area contributed by atoms with Gasteiger partial charge in [-0.15, -0.1) is 0 Å². The highest BCUT2D eigenvalue weighted by atomic mass is 31.1. The molecule has 0 radical (unpaired) electrons. The summed E-state index contributed by atoms with van der Waals surface area (Å²) in [7, 11) is 5.13. The number of aliphatic hydroxyl groups excluding tert-OH is 1. The molecule has 4 aromatic carbocycles. The molecule has 0 saturated heterocycles. The molecule has 0 aliphatic carbocycles.